The van der Waals surface area contributed by atoms with Crippen LogP contribution in [0.2, 0.25) is 0 Å². The van der Waals surface area contributed by atoms with Crippen LogP contribution in [0.5, 0.6) is 5.75 Å². The van der Waals surface area contributed by atoms with E-state index in [-0.39, 0.29) is 17.6 Å². The molecule has 0 aliphatic rings. The van der Waals surface area contributed by atoms with E-state index in [0.717, 1.165) is 32.1 Å². The summed E-state index contributed by atoms with van der Waals surface area (Å²) >= 11 is 0. The van der Waals surface area contributed by atoms with Gasteiger partial charge in [-0.2, -0.15) is 0 Å². The summed E-state index contributed by atoms with van der Waals surface area (Å²) in [6.45, 7) is 46.3. The number of esters is 2. The molecule has 0 saturated carbocycles. The van der Waals surface area contributed by atoms with Gasteiger partial charge >= 0.3 is 11.9 Å². The molecule has 0 fully saturated rings. The molecule has 0 N–H and O–H groups in total. The highest BCUT2D eigenvalue weighted by atomic mass is 16.7. The van der Waals surface area contributed by atoms with Crippen molar-refractivity contribution in [1.29, 1.82) is 0 Å². The molecule has 0 spiro atoms. The van der Waals surface area contributed by atoms with Gasteiger partial charge < -0.3 is 14.2 Å². The maximum absolute atomic E-state index is 12.4. The number of carbonyl (C=O) groups is 2. The average molecular weight is 641 g/mol. The van der Waals surface area contributed by atoms with Gasteiger partial charge in [0, 0.05) is 6.42 Å². The molecule has 1 aromatic rings. The molecule has 0 aromatic heterocycles. The number of unbranched alkanes of at least 4 members (excludes halogenated alkanes) is 6. The van der Waals surface area contributed by atoms with E-state index in [9.17, 15) is 19.2 Å². The second-order valence-corrected chi connectivity index (χ2v) is 7.62. The van der Waals surface area contributed by atoms with Gasteiger partial charge in [0.05, 0.1) is 0 Å². The highest BCUT2D eigenvalue weighted by Crippen LogP contribution is 2.27. The summed E-state index contributed by atoms with van der Waals surface area (Å²) in [7, 11) is 0. The van der Waals surface area contributed by atoms with E-state index in [0.29, 0.717) is 12.2 Å². The van der Waals surface area contributed by atoms with Gasteiger partial charge in [-0.3, -0.25) is 0 Å². The zero-order valence-electron chi connectivity index (χ0n) is 29.0. The van der Waals surface area contributed by atoms with Gasteiger partial charge in [0.25, 0.3) is 5.79 Å². The quantitative estimate of drug-likeness (QED) is 0.0470. The molecule has 1 unspecified atom stereocenters. The van der Waals surface area contributed by atoms with Crippen molar-refractivity contribution < 1.29 is 33.4 Å². The SMILES string of the molecule is C=C.C=C.C=C.C=C.C=C.C=C.C=C.CCCCCCCCCC(COC(=O)C(C)=C=O)(OC(=O)C(C)=C=O)Oc1ccccc1. The lowest BCUT2D eigenvalue weighted by molar-refractivity contribution is -0.216. The van der Waals surface area contributed by atoms with Crippen molar-refractivity contribution in [1.82, 2.24) is 0 Å². The van der Waals surface area contributed by atoms with Crippen molar-refractivity contribution in [3.8, 4) is 5.75 Å². The first-order chi connectivity index (χ1) is 22.4. The first-order valence-electron chi connectivity index (χ1n) is 14.5. The third-order valence-electron chi connectivity index (χ3n) is 4.83. The second kappa shape index (κ2) is 49.7. The minimum Gasteiger partial charge on any atom is -0.453 e. The molecule has 0 bridgehead atoms. The molecular formula is C39H60O7. The Balaban J connectivity index is -0.000000191. The fourth-order valence-corrected chi connectivity index (χ4v) is 2.92. The summed E-state index contributed by atoms with van der Waals surface area (Å²) in [6, 6.07) is 8.64. The summed E-state index contributed by atoms with van der Waals surface area (Å²) in [4.78, 5) is 46.1. The van der Waals surface area contributed by atoms with Crippen molar-refractivity contribution in [2.75, 3.05) is 6.61 Å². The van der Waals surface area contributed by atoms with Gasteiger partial charge in [-0.05, 0) is 32.4 Å². The molecule has 0 aliphatic heterocycles. The Morgan fingerprint density at radius 2 is 1.02 bits per heavy atom. The number of rotatable bonds is 15. The third kappa shape index (κ3) is 33.5. The van der Waals surface area contributed by atoms with Gasteiger partial charge in [-0.1, -0.05) is 63.6 Å². The number of hydrogen-bond donors (Lipinski definition) is 0. The summed E-state index contributed by atoms with van der Waals surface area (Å²) in [6.07, 6.45) is 7.35. The van der Waals surface area contributed by atoms with Crippen molar-refractivity contribution in [3.63, 3.8) is 0 Å². The first-order valence-corrected chi connectivity index (χ1v) is 14.5. The molecule has 0 aliphatic carbocycles. The molecule has 1 rings (SSSR count). The molecule has 7 heteroatoms. The Kier molecular flexibility index (Phi) is 61.4. The Bertz CT molecular complexity index is 925. The van der Waals surface area contributed by atoms with Crippen molar-refractivity contribution in [2.45, 2.75) is 77.9 Å². The summed E-state index contributed by atoms with van der Waals surface area (Å²) in [5, 5.41) is 0. The molecule has 0 saturated heterocycles. The Hall–Kier alpha value is -4.96. The fourth-order valence-electron chi connectivity index (χ4n) is 2.92. The zero-order valence-corrected chi connectivity index (χ0v) is 29.0. The fraction of sp³-hybridized carbons (Fsp3) is 0.333. The van der Waals surface area contributed by atoms with E-state index < -0.39 is 24.3 Å². The lowest BCUT2D eigenvalue weighted by Crippen LogP contribution is -2.46. The van der Waals surface area contributed by atoms with Crippen LogP contribution in [-0.2, 0) is 28.7 Å². The topological polar surface area (TPSA) is 96.0 Å². The number of benzene rings is 1. The van der Waals surface area contributed by atoms with Crippen molar-refractivity contribution in [3.05, 3.63) is 134 Å². The molecule has 0 amide bonds. The van der Waals surface area contributed by atoms with E-state index in [2.05, 4.69) is 99.0 Å². The first kappa shape index (κ1) is 56.8. The highest BCUT2D eigenvalue weighted by molar-refractivity contribution is 5.96. The van der Waals surface area contributed by atoms with Crippen molar-refractivity contribution in [2.24, 2.45) is 0 Å². The van der Waals surface area contributed by atoms with E-state index in [1.165, 1.54) is 32.2 Å². The summed E-state index contributed by atoms with van der Waals surface area (Å²) in [5.41, 5.74) is -0.509. The number of hydrogen-bond acceptors (Lipinski definition) is 7. The minimum absolute atomic E-state index is 0.227. The maximum atomic E-state index is 12.4. The Labute approximate surface area is 280 Å². The van der Waals surface area contributed by atoms with E-state index in [1.54, 1.807) is 30.3 Å². The van der Waals surface area contributed by atoms with Gasteiger partial charge in [0.2, 0.25) is 0 Å². The van der Waals surface area contributed by atoms with Crippen LogP contribution >= 0.6 is 0 Å². The van der Waals surface area contributed by atoms with Crippen LogP contribution in [0.3, 0.4) is 0 Å². The van der Waals surface area contributed by atoms with Crippen LogP contribution in [0.25, 0.3) is 0 Å². The van der Waals surface area contributed by atoms with E-state index >= 15 is 0 Å². The summed E-state index contributed by atoms with van der Waals surface area (Å²) < 4.78 is 16.8. The predicted molar refractivity (Wildman–Crippen MR) is 198 cm³/mol. The molecule has 0 heterocycles. The van der Waals surface area contributed by atoms with Crippen LogP contribution < -0.4 is 4.74 Å². The number of carbonyl (C=O) groups excluding carboxylic acids is 4. The van der Waals surface area contributed by atoms with E-state index in [4.69, 9.17) is 14.2 Å². The highest BCUT2D eigenvalue weighted by Gasteiger charge is 2.39. The lowest BCUT2D eigenvalue weighted by atomic mass is 10.0. The summed E-state index contributed by atoms with van der Waals surface area (Å²) in [5.74, 6) is -0.0822. The predicted octanol–water partition coefficient (Wildman–Crippen LogP) is 10.2. The maximum Gasteiger partial charge on any atom is 0.348 e. The molecule has 1 atom stereocenters. The Morgan fingerprint density at radius 1 is 0.630 bits per heavy atom. The zero-order chi connectivity index (χ0) is 37.8. The molecule has 1 aromatic carbocycles. The van der Waals surface area contributed by atoms with Gasteiger partial charge in [-0.25, -0.2) is 19.2 Å². The largest absolute Gasteiger partial charge is 0.453 e. The van der Waals surface area contributed by atoms with Gasteiger partial charge in [0.15, 0.2) is 6.61 Å². The van der Waals surface area contributed by atoms with Crippen LogP contribution in [0.4, 0.5) is 0 Å². The third-order valence-corrected chi connectivity index (χ3v) is 4.83. The molecule has 258 valence electrons. The standard InChI is InChI=1S/C25H32O7.7C2H4/c1-4-5-6-7-8-9-13-16-25(32-24(29)21(3)18-27,19-30-23(28)20(2)17-26)31-22-14-11-10-12-15-22;7*1-2/h10-12,14-15H,4-9,13,16,19H2,1-3H3;7*1-2H2. The average Bonchev–Trinajstić information content (AvgIpc) is 3.15. The molecule has 0 radical (unpaired) electrons. The molecule has 46 heavy (non-hydrogen) atoms. The number of para-hydroxylation sites is 1. The second-order valence-electron chi connectivity index (χ2n) is 7.62. The monoisotopic (exact) mass is 640 g/mol. The Morgan fingerprint density at radius 3 is 1.43 bits per heavy atom. The van der Waals surface area contributed by atoms with Gasteiger partial charge in [0.1, 0.15) is 28.8 Å². The van der Waals surface area contributed by atoms with Crippen LogP contribution in [0.15, 0.2) is 134 Å². The smallest absolute Gasteiger partial charge is 0.348 e. The minimum atomic E-state index is -1.67. The van der Waals surface area contributed by atoms with Crippen LogP contribution in [0.1, 0.15) is 72.1 Å². The van der Waals surface area contributed by atoms with Crippen LogP contribution in [0, 0.1) is 0 Å². The van der Waals surface area contributed by atoms with Crippen molar-refractivity contribution >= 4 is 23.8 Å². The lowest BCUT2D eigenvalue weighted by Gasteiger charge is -2.33. The van der Waals surface area contributed by atoms with E-state index in [1.807, 2.05) is 0 Å². The normalized spacial score (nSPS) is 8.93. The molecule has 7 nitrogen and oxygen atoms in total. The molecular weight excluding hydrogens is 580 g/mol. The van der Waals surface area contributed by atoms with Gasteiger partial charge in [-0.15, -0.1) is 92.1 Å². The van der Waals surface area contributed by atoms with Crippen LogP contribution in [-0.4, -0.2) is 36.2 Å². The number of ether oxygens (including phenoxy) is 3.